The molecule has 14 heavy (non-hydrogen) atoms. The van der Waals surface area contributed by atoms with E-state index in [2.05, 4.69) is 5.32 Å². The predicted octanol–water partition coefficient (Wildman–Crippen LogP) is -0.340. The molecule has 0 aliphatic carbocycles. The molecule has 0 atom stereocenters. The number of imide groups is 1. The van der Waals surface area contributed by atoms with E-state index in [1.165, 1.54) is 4.90 Å². The molecule has 1 fully saturated rings. The van der Waals surface area contributed by atoms with Gasteiger partial charge in [-0.25, -0.2) is 0 Å². The summed E-state index contributed by atoms with van der Waals surface area (Å²) in [5.41, 5.74) is -0.930. The largest absolute Gasteiger partial charge is 0.319 e. The smallest absolute Gasteiger partial charge is 0.252 e. The van der Waals surface area contributed by atoms with Gasteiger partial charge in [-0.2, -0.15) is 0 Å². The van der Waals surface area contributed by atoms with Gasteiger partial charge in [-0.1, -0.05) is 6.92 Å². The fraction of sp³-hybridized carbons (Fsp3) is 0.667. The third-order valence-corrected chi connectivity index (χ3v) is 2.39. The molecule has 0 bridgehead atoms. The second-order valence-electron chi connectivity index (χ2n) is 3.77. The summed E-state index contributed by atoms with van der Waals surface area (Å²) in [6.45, 7) is 4.92. The van der Waals surface area contributed by atoms with E-state index < -0.39 is 17.4 Å². The number of amides is 3. The van der Waals surface area contributed by atoms with Crippen molar-refractivity contribution in [2.45, 2.75) is 32.7 Å². The van der Waals surface area contributed by atoms with Crippen molar-refractivity contribution in [1.82, 2.24) is 10.2 Å². The molecule has 1 N–H and O–H groups in total. The second kappa shape index (κ2) is 3.40. The lowest BCUT2D eigenvalue weighted by Crippen LogP contribution is -2.65. The summed E-state index contributed by atoms with van der Waals surface area (Å²) in [6, 6.07) is 0. The Labute approximate surface area is 82.4 Å². The number of hydrogen-bond acceptors (Lipinski definition) is 3. The van der Waals surface area contributed by atoms with Gasteiger partial charge in [0.25, 0.3) is 5.91 Å². The van der Waals surface area contributed by atoms with Crippen LogP contribution in [0, 0.1) is 0 Å². The fourth-order valence-corrected chi connectivity index (χ4v) is 1.37. The first-order valence-corrected chi connectivity index (χ1v) is 4.54. The third-order valence-electron chi connectivity index (χ3n) is 2.39. The van der Waals surface area contributed by atoms with Crippen molar-refractivity contribution in [1.29, 1.82) is 0 Å². The fourth-order valence-electron chi connectivity index (χ4n) is 1.37. The Bertz CT molecular complexity index is 296. The molecule has 3 amide bonds. The van der Waals surface area contributed by atoms with Crippen molar-refractivity contribution < 1.29 is 14.4 Å². The van der Waals surface area contributed by atoms with E-state index in [0.29, 0.717) is 6.42 Å². The molecule has 1 aliphatic heterocycles. The van der Waals surface area contributed by atoms with Gasteiger partial charge in [0.1, 0.15) is 12.1 Å². The number of nitrogens with one attached hydrogen (secondary N) is 1. The van der Waals surface area contributed by atoms with Gasteiger partial charge in [0.2, 0.25) is 11.8 Å². The van der Waals surface area contributed by atoms with Crippen LogP contribution in [0.3, 0.4) is 0 Å². The molecular formula is C9H14N2O3. The van der Waals surface area contributed by atoms with Crippen molar-refractivity contribution in [2.75, 3.05) is 6.54 Å². The minimum atomic E-state index is -0.930. The summed E-state index contributed by atoms with van der Waals surface area (Å²) in [4.78, 5) is 35.3. The lowest BCUT2D eigenvalue weighted by atomic mass is 9.98. The highest BCUT2D eigenvalue weighted by Gasteiger charge is 2.42. The minimum absolute atomic E-state index is 0.0363. The Morgan fingerprint density at radius 2 is 2.07 bits per heavy atom. The Kier molecular flexibility index (Phi) is 2.59. The van der Waals surface area contributed by atoms with Crippen LogP contribution in [0.4, 0.5) is 0 Å². The molecule has 1 aliphatic rings. The molecular weight excluding hydrogens is 184 g/mol. The first-order valence-electron chi connectivity index (χ1n) is 4.54. The van der Waals surface area contributed by atoms with Crippen LogP contribution in [0.5, 0.6) is 0 Å². The topological polar surface area (TPSA) is 66.5 Å². The van der Waals surface area contributed by atoms with E-state index in [1.807, 2.05) is 0 Å². The van der Waals surface area contributed by atoms with E-state index >= 15 is 0 Å². The summed E-state index contributed by atoms with van der Waals surface area (Å²) < 4.78 is 0. The first-order chi connectivity index (χ1) is 6.39. The second-order valence-corrected chi connectivity index (χ2v) is 3.77. The summed E-state index contributed by atoms with van der Waals surface area (Å²) in [5, 5.41) is 2.21. The zero-order chi connectivity index (χ0) is 10.9. The highest BCUT2D eigenvalue weighted by Crippen LogP contribution is 2.18. The van der Waals surface area contributed by atoms with Crippen molar-refractivity contribution in [3.8, 4) is 0 Å². The average molecular weight is 198 g/mol. The Hall–Kier alpha value is -1.39. The average Bonchev–Trinajstić information content (AvgIpc) is 2.10. The molecule has 1 saturated heterocycles. The number of hydrogen-bond donors (Lipinski definition) is 1. The van der Waals surface area contributed by atoms with Crippen LogP contribution in [-0.4, -0.2) is 34.7 Å². The molecule has 1 heterocycles. The molecule has 0 spiro atoms. The van der Waals surface area contributed by atoms with Crippen molar-refractivity contribution in [3.63, 3.8) is 0 Å². The van der Waals surface area contributed by atoms with Gasteiger partial charge in [-0.3, -0.25) is 19.7 Å². The number of carbonyl (C=O) groups is 3. The maximum atomic E-state index is 11.5. The zero-order valence-electron chi connectivity index (χ0n) is 8.59. The summed E-state index contributed by atoms with van der Waals surface area (Å²) in [6.07, 6.45) is 0.296. The number of rotatable bonds is 1. The Morgan fingerprint density at radius 1 is 1.50 bits per heavy atom. The van der Waals surface area contributed by atoms with Crippen LogP contribution < -0.4 is 5.32 Å². The highest BCUT2D eigenvalue weighted by molar-refractivity contribution is 6.06. The number of piperazine rings is 1. The summed E-state index contributed by atoms with van der Waals surface area (Å²) in [5.74, 6) is -1.02. The molecule has 5 nitrogen and oxygen atoms in total. The van der Waals surface area contributed by atoms with Crippen LogP contribution in [0.1, 0.15) is 27.2 Å². The maximum Gasteiger partial charge on any atom is 0.252 e. The van der Waals surface area contributed by atoms with Crippen molar-refractivity contribution >= 4 is 17.7 Å². The SMILES string of the molecule is CCC(=O)N1CC(=O)NC(=O)C1(C)C. The summed E-state index contributed by atoms with van der Waals surface area (Å²) >= 11 is 0. The predicted molar refractivity (Wildman–Crippen MR) is 49.2 cm³/mol. The van der Waals surface area contributed by atoms with E-state index in [4.69, 9.17) is 0 Å². The van der Waals surface area contributed by atoms with Gasteiger partial charge in [0.05, 0.1) is 0 Å². The first kappa shape index (κ1) is 10.7. The normalized spacial score (nSPS) is 20.6. The van der Waals surface area contributed by atoms with Gasteiger partial charge >= 0.3 is 0 Å². The van der Waals surface area contributed by atoms with E-state index in [1.54, 1.807) is 20.8 Å². The highest BCUT2D eigenvalue weighted by atomic mass is 16.2. The molecule has 0 aromatic heterocycles. The molecule has 0 radical (unpaired) electrons. The molecule has 0 aromatic carbocycles. The Balaban J connectivity index is 2.96. The van der Waals surface area contributed by atoms with Gasteiger partial charge in [0, 0.05) is 6.42 Å². The van der Waals surface area contributed by atoms with Crippen LogP contribution in [0.25, 0.3) is 0 Å². The van der Waals surface area contributed by atoms with Crippen molar-refractivity contribution in [2.24, 2.45) is 0 Å². The molecule has 78 valence electrons. The third kappa shape index (κ3) is 1.62. The van der Waals surface area contributed by atoms with Crippen LogP contribution in [0.2, 0.25) is 0 Å². The van der Waals surface area contributed by atoms with E-state index in [0.717, 1.165) is 0 Å². The molecule has 0 saturated carbocycles. The van der Waals surface area contributed by atoms with E-state index in [9.17, 15) is 14.4 Å². The Morgan fingerprint density at radius 3 is 2.57 bits per heavy atom. The van der Waals surface area contributed by atoms with Crippen LogP contribution in [-0.2, 0) is 14.4 Å². The molecule has 0 unspecified atom stereocenters. The monoisotopic (exact) mass is 198 g/mol. The van der Waals surface area contributed by atoms with Gasteiger partial charge in [0.15, 0.2) is 0 Å². The van der Waals surface area contributed by atoms with Gasteiger partial charge < -0.3 is 4.90 Å². The number of nitrogens with zero attached hydrogens (tertiary/aromatic N) is 1. The standard InChI is InChI=1S/C9H14N2O3/c1-4-7(13)11-5-6(12)10-8(14)9(11,2)3/h4-5H2,1-3H3,(H,10,12,14). The molecule has 5 heteroatoms. The maximum absolute atomic E-state index is 11.5. The summed E-state index contributed by atoms with van der Waals surface area (Å²) in [7, 11) is 0. The number of carbonyl (C=O) groups excluding carboxylic acids is 3. The quantitative estimate of drug-likeness (QED) is 0.586. The lowest BCUT2D eigenvalue weighted by Gasteiger charge is -2.39. The van der Waals surface area contributed by atoms with E-state index in [-0.39, 0.29) is 12.5 Å². The van der Waals surface area contributed by atoms with Crippen LogP contribution in [0.15, 0.2) is 0 Å². The lowest BCUT2D eigenvalue weighted by molar-refractivity contribution is -0.155. The zero-order valence-corrected chi connectivity index (χ0v) is 8.59. The minimum Gasteiger partial charge on any atom is -0.319 e. The molecule has 0 aromatic rings. The molecule has 1 rings (SSSR count). The van der Waals surface area contributed by atoms with Gasteiger partial charge in [-0.05, 0) is 13.8 Å². The van der Waals surface area contributed by atoms with Crippen LogP contribution >= 0.6 is 0 Å². The van der Waals surface area contributed by atoms with Crippen molar-refractivity contribution in [3.05, 3.63) is 0 Å². The van der Waals surface area contributed by atoms with Gasteiger partial charge in [-0.15, -0.1) is 0 Å².